The van der Waals surface area contributed by atoms with Crippen molar-refractivity contribution in [1.82, 2.24) is 4.90 Å². The van der Waals surface area contributed by atoms with Crippen LogP contribution in [0.15, 0.2) is 35.5 Å². The molecule has 136 valence electrons. The van der Waals surface area contributed by atoms with Crippen molar-refractivity contribution in [2.24, 2.45) is 5.73 Å². The van der Waals surface area contributed by atoms with E-state index in [4.69, 9.17) is 26.8 Å². The Bertz CT molecular complexity index is 696. The number of amides is 1. The molecule has 0 spiro atoms. The molecule has 3 rings (SSSR count). The van der Waals surface area contributed by atoms with E-state index in [0.29, 0.717) is 11.3 Å². The molecule has 2 aliphatic heterocycles. The third-order valence-corrected chi connectivity index (χ3v) is 5.66. The summed E-state index contributed by atoms with van der Waals surface area (Å²) >= 11 is 7.44. The van der Waals surface area contributed by atoms with Crippen molar-refractivity contribution in [2.75, 3.05) is 18.7 Å². The van der Waals surface area contributed by atoms with Crippen molar-refractivity contribution in [3.8, 4) is 5.75 Å². The number of ether oxygens (including phenoxy) is 2. The smallest absolute Gasteiger partial charge is 0.355 e. The highest BCUT2D eigenvalue weighted by molar-refractivity contribution is 8.00. The molecular weight excluding hydrogens is 387 g/mol. The first kappa shape index (κ1) is 19.9. The zero-order valence-corrected chi connectivity index (χ0v) is 15.8. The molecule has 2 atom stereocenters. The molecule has 1 aromatic rings. The molecule has 1 saturated heterocycles. The number of carbonyl (C=O) groups is 2. The summed E-state index contributed by atoms with van der Waals surface area (Å²) in [6, 6.07) is 6.63. The molecule has 2 heterocycles. The number of hydrogen-bond acceptors (Lipinski definition) is 6. The predicted octanol–water partition coefficient (Wildman–Crippen LogP) is 1.90. The highest BCUT2D eigenvalue weighted by Crippen LogP contribution is 2.40. The van der Waals surface area contributed by atoms with E-state index in [-0.39, 0.29) is 41.9 Å². The van der Waals surface area contributed by atoms with Crippen LogP contribution in [0.5, 0.6) is 5.75 Å². The molecule has 1 fully saturated rings. The van der Waals surface area contributed by atoms with E-state index >= 15 is 0 Å². The Morgan fingerprint density at radius 1 is 1.40 bits per heavy atom. The van der Waals surface area contributed by atoms with Crippen LogP contribution in [-0.2, 0) is 20.9 Å². The quantitative estimate of drug-likeness (QED) is 0.458. The van der Waals surface area contributed by atoms with E-state index in [9.17, 15) is 9.59 Å². The zero-order valence-electron chi connectivity index (χ0n) is 13.4. The number of methoxy groups -OCH3 is 1. The molecule has 0 bridgehead atoms. The van der Waals surface area contributed by atoms with Gasteiger partial charge in [0, 0.05) is 11.6 Å². The van der Waals surface area contributed by atoms with Crippen molar-refractivity contribution in [3.63, 3.8) is 0 Å². The van der Waals surface area contributed by atoms with Gasteiger partial charge < -0.3 is 15.2 Å². The Kier molecular flexibility index (Phi) is 6.62. The molecule has 1 amide bonds. The Morgan fingerprint density at radius 2 is 2.08 bits per heavy atom. The standard InChI is InChI=1S/C16H17ClN2O4S.ClH/c1-22-11-4-2-9(3-5-11)7-23-16(21)13-10(6-17)8-24-15-12(18)14(20)19(13)15;/h2-5,12,15H,6-8,18H2,1H3;1H. The lowest BCUT2D eigenvalue weighted by Gasteiger charge is -2.48. The summed E-state index contributed by atoms with van der Waals surface area (Å²) in [5, 5.41) is -0.215. The second-order valence-corrected chi connectivity index (χ2v) is 6.82. The summed E-state index contributed by atoms with van der Waals surface area (Å²) in [7, 11) is 1.58. The van der Waals surface area contributed by atoms with E-state index < -0.39 is 12.0 Å². The summed E-state index contributed by atoms with van der Waals surface area (Å²) in [5.41, 5.74) is 7.55. The van der Waals surface area contributed by atoms with Crippen LogP contribution < -0.4 is 10.5 Å². The van der Waals surface area contributed by atoms with E-state index in [2.05, 4.69) is 0 Å². The number of esters is 1. The van der Waals surface area contributed by atoms with Gasteiger partial charge in [0.25, 0.3) is 0 Å². The molecule has 2 aliphatic rings. The summed E-state index contributed by atoms with van der Waals surface area (Å²) < 4.78 is 10.5. The second-order valence-electron chi connectivity index (χ2n) is 5.45. The molecule has 0 saturated carbocycles. The van der Waals surface area contributed by atoms with Gasteiger partial charge in [-0.25, -0.2) is 4.79 Å². The molecule has 2 unspecified atom stereocenters. The van der Waals surface area contributed by atoms with Gasteiger partial charge in [-0.15, -0.1) is 35.8 Å². The second kappa shape index (κ2) is 8.31. The lowest BCUT2D eigenvalue weighted by molar-refractivity contribution is -0.151. The first-order chi connectivity index (χ1) is 11.6. The number of nitrogens with two attached hydrogens (primary N) is 1. The number of benzene rings is 1. The lowest BCUT2D eigenvalue weighted by atomic mass is 10.0. The number of alkyl halides is 1. The number of hydrogen-bond donors (Lipinski definition) is 1. The normalized spacial score (nSPS) is 21.9. The van der Waals surface area contributed by atoms with Crippen LogP contribution in [0, 0.1) is 0 Å². The van der Waals surface area contributed by atoms with Gasteiger partial charge >= 0.3 is 5.97 Å². The number of β-lactam (4-membered cyclic amide) rings is 1. The summed E-state index contributed by atoms with van der Waals surface area (Å²) in [5.74, 6) is 0.646. The van der Waals surface area contributed by atoms with Gasteiger partial charge in [-0.2, -0.15) is 0 Å². The average molecular weight is 405 g/mol. The Morgan fingerprint density at radius 3 is 2.68 bits per heavy atom. The minimum atomic E-state index is -0.573. The third-order valence-electron chi connectivity index (χ3n) is 3.97. The van der Waals surface area contributed by atoms with Crippen molar-refractivity contribution in [1.29, 1.82) is 0 Å². The number of fused-ring (bicyclic) bond motifs is 1. The van der Waals surface area contributed by atoms with E-state index in [0.717, 1.165) is 11.3 Å². The molecule has 6 nitrogen and oxygen atoms in total. The third kappa shape index (κ3) is 3.74. The van der Waals surface area contributed by atoms with Gasteiger partial charge in [-0.3, -0.25) is 9.69 Å². The summed E-state index contributed by atoms with van der Waals surface area (Å²) in [6.07, 6.45) is 0. The molecule has 25 heavy (non-hydrogen) atoms. The number of carbonyl (C=O) groups excluding carboxylic acids is 2. The SMILES string of the molecule is COc1ccc(COC(=O)C2=C(CCl)CSC3C(N)C(=O)N23)cc1.Cl. The summed E-state index contributed by atoms with van der Waals surface area (Å²) in [4.78, 5) is 25.9. The molecule has 2 N–H and O–H groups in total. The average Bonchev–Trinajstić information content (AvgIpc) is 2.64. The maximum atomic E-state index is 12.5. The summed E-state index contributed by atoms with van der Waals surface area (Å²) in [6.45, 7) is 0.105. The first-order valence-electron chi connectivity index (χ1n) is 7.35. The molecule has 0 radical (unpaired) electrons. The van der Waals surface area contributed by atoms with Crippen LogP contribution in [0.1, 0.15) is 5.56 Å². The van der Waals surface area contributed by atoms with E-state index in [1.54, 1.807) is 19.2 Å². The first-order valence-corrected chi connectivity index (χ1v) is 8.93. The molecule has 0 aliphatic carbocycles. The highest BCUT2D eigenvalue weighted by atomic mass is 35.5. The van der Waals surface area contributed by atoms with Crippen LogP contribution in [0.25, 0.3) is 0 Å². The fourth-order valence-corrected chi connectivity index (χ4v) is 4.24. The minimum Gasteiger partial charge on any atom is -0.497 e. The number of halogens is 2. The predicted molar refractivity (Wildman–Crippen MR) is 98.9 cm³/mol. The topological polar surface area (TPSA) is 81.9 Å². The fraction of sp³-hybridized carbons (Fsp3) is 0.375. The van der Waals surface area contributed by atoms with E-state index in [1.165, 1.54) is 16.7 Å². The van der Waals surface area contributed by atoms with Gasteiger partial charge in [0.2, 0.25) is 5.91 Å². The van der Waals surface area contributed by atoms with E-state index in [1.807, 2.05) is 12.1 Å². The van der Waals surface area contributed by atoms with Crippen LogP contribution in [0.2, 0.25) is 0 Å². The van der Waals surface area contributed by atoms with Gasteiger partial charge in [-0.1, -0.05) is 12.1 Å². The molecular formula is C16H18Cl2N2O4S. The largest absolute Gasteiger partial charge is 0.497 e. The van der Waals surface area contributed by atoms with Gasteiger partial charge in [-0.05, 0) is 23.3 Å². The molecule has 1 aromatic carbocycles. The van der Waals surface area contributed by atoms with Crippen LogP contribution in [0.3, 0.4) is 0 Å². The van der Waals surface area contributed by atoms with Crippen molar-refractivity contribution in [3.05, 3.63) is 41.1 Å². The minimum absolute atomic E-state index is 0. The van der Waals surface area contributed by atoms with Gasteiger partial charge in [0.05, 0.1) is 7.11 Å². The van der Waals surface area contributed by atoms with Crippen LogP contribution in [-0.4, -0.2) is 46.9 Å². The Hall–Kier alpha value is -1.41. The highest BCUT2D eigenvalue weighted by Gasteiger charge is 2.51. The van der Waals surface area contributed by atoms with Gasteiger partial charge in [0.1, 0.15) is 29.5 Å². The molecule has 9 heteroatoms. The maximum Gasteiger partial charge on any atom is 0.355 e. The zero-order chi connectivity index (χ0) is 17.3. The van der Waals surface area contributed by atoms with Crippen LogP contribution >= 0.6 is 35.8 Å². The lowest BCUT2D eigenvalue weighted by Crippen LogP contribution is -2.68. The van der Waals surface area contributed by atoms with Gasteiger partial charge in [0.15, 0.2) is 0 Å². The van der Waals surface area contributed by atoms with Crippen molar-refractivity contribution < 1.29 is 19.1 Å². The van der Waals surface area contributed by atoms with Crippen LogP contribution in [0.4, 0.5) is 0 Å². The maximum absolute atomic E-state index is 12.5. The van der Waals surface area contributed by atoms with Crippen molar-refractivity contribution in [2.45, 2.75) is 18.0 Å². The fourth-order valence-electron chi connectivity index (χ4n) is 2.61. The number of nitrogens with zero attached hydrogens (tertiary/aromatic N) is 1. The Labute approximate surface area is 161 Å². The monoisotopic (exact) mass is 404 g/mol. The number of thioether (sulfide) groups is 1. The molecule has 0 aromatic heterocycles. The Balaban J connectivity index is 0.00000225. The number of rotatable bonds is 5. The van der Waals surface area contributed by atoms with Crippen molar-refractivity contribution >= 4 is 47.6 Å².